The van der Waals surface area contributed by atoms with Crippen LogP contribution in [-0.4, -0.2) is 26.9 Å². The molecule has 0 aliphatic carbocycles. The van der Waals surface area contributed by atoms with E-state index in [2.05, 4.69) is 5.32 Å². The molecule has 0 unspecified atom stereocenters. The number of amides is 1. The number of hydrogen-bond donors (Lipinski definition) is 1. The summed E-state index contributed by atoms with van der Waals surface area (Å²) in [5.74, 6) is 2.66. The molecular formula is C19H21NO5. The highest BCUT2D eigenvalue weighted by molar-refractivity contribution is 5.79. The molecule has 1 aliphatic heterocycles. The smallest absolute Gasteiger partial charge is 0.231 e. The average Bonchev–Trinajstić information content (AvgIpc) is 3.09. The lowest BCUT2D eigenvalue weighted by Gasteiger charge is -2.13. The Morgan fingerprint density at radius 3 is 2.56 bits per heavy atom. The second-order valence-corrected chi connectivity index (χ2v) is 5.77. The van der Waals surface area contributed by atoms with E-state index in [-0.39, 0.29) is 19.1 Å². The van der Waals surface area contributed by atoms with Crippen LogP contribution in [0, 0.1) is 6.92 Å². The first kappa shape index (κ1) is 17.0. The number of methoxy groups -OCH3 is 2. The Kier molecular flexibility index (Phi) is 4.97. The van der Waals surface area contributed by atoms with Crippen LogP contribution in [-0.2, 0) is 17.8 Å². The summed E-state index contributed by atoms with van der Waals surface area (Å²) < 4.78 is 21.2. The molecule has 0 saturated carbocycles. The van der Waals surface area contributed by atoms with Gasteiger partial charge in [-0.2, -0.15) is 0 Å². The van der Waals surface area contributed by atoms with Gasteiger partial charge in [0.25, 0.3) is 0 Å². The Labute approximate surface area is 146 Å². The molecule has 0 aromatic heterocycles. The summed E-state index contributed by atoms with van der Waals surface area (Å²) in [7, 11) is 3.17. The average molecular weight is 343 g/mol. The monoisotopic (exact) mass is 343 g/mol. The number of carbonyl (C=O) groups excluding carboxylic acids is 1. The van der Waals surface area contributed by atoms with Crippen molar-refractivity contribution in [2.75, 3.05) is 21.0 Å². The first-order chi connectivity index (χ1) is 12.1. The third-order valence-electron chi connectivity index (χ3n) is 4.12. The van der Waals surface area contributed by atoms with Crippen LogP contribution in [0.5, 0.6) is 23.0 Å². The van der Waals surface area contributed by atoms with Gasteiger partial charge in [0.2, 0.25) is 12.7 Å². The zero-order valence-corrected chi connectivity index (χ0v) is 14.5. The van der Waals surface area contributed by atoms with Crippen LogP contribution < -0.4 is 24.3 Å². The van der Waals surface area contributed by atoms with Crippen LogP contribution in [0.25, 0.3) is 0 Å². The Morgan fingerprint density at radius 2 is 1.80 bits per heavy atom. The number of hydrogen-bond acceptors (Lipinski definition) is 5. The van der Waals surface area contributed by atoms with Crippen molar-refractivity contribution in [2.45, 2.75) is 19.9 Å². The van der Waals surface area contributed by atoms with Gasteiger partial charge < -0.3 is 24.3 Å². The Balaban J connectivity index is 1.63. The number of carbonyl (C=O) groups is 1. The minimum absolute atomic E-state index is 0.0620. The van der Waals surface area contributed by atoms with E-state index in [1.807, 2.05) is 37.3 Å². The molecule has 6 nitrogen and oxygen atoms in total. The van der Waals surface area contributed by atoms with Crippen LogP contribution in [0.3, 0.4) is 0 Å². The lowest BCUT2D eigenvalue weighted by molar-refractivity contribution is -0.120. The molecule has 2 aromatic rings. The summed E-state index contributed by atoms with van der Waals surface area (Å²) in [6.45, 7) is 2.62. The number of aryl methyl sites for hydroxylation is 1. The minimum Gasteiger partial charge on any atom is -0.493 e. The second kappa shape index (κ2) is 7.34. The highest BCUT2D eigenvalue weighted by Gasteiger charge is 2.14. The zero-order valence-electron chi connectivity index (χ0n) is 14.5. The van der Waals surface area contributed by atoms with Crippen molar-refractivity contribution < 1.29 is 23.7 Å². The van der Waals surface area contributed by atoms with Crippen LogP contribution in [0.2, 0.25) is 0 Å². The highest BCUT2D eigenvalue weighted by atomic mass is 16.7. The lowest BCUT2D eigenvalue weighted by atomic mass is 10.0. The van der Waals surface area contributed by atoms with Gasteiger partial charge in [-0.15, -0.1) is 0 Å². The number of rotatable bonds is 6. The summed E-state index contributed by atoms with van der Waals surface area (Å²) in [5.41, 5.74) is 2.85. The normalized spacial score (nSPS) is 12.0. The van der Waals surface area contributed by atoms with Gasteiger partial charge in [0.1, 0.15) is 0 Å². The molecule has 6 heteroatoms. The Bertz CT molecular complexity index is 788. The van der Waals surface area contributed by atoms with Crippen LogP contribution in [0.15, 0.2) is 30.3 Å². The van der Waals surface area contributed by atoms with Crippen molar-refractivity contribution in [1.82, 2.24) is 5.32 Å². The van der Waals surface area contributed by atoms with Crippen molar-refractivity contribution >= 4 is 5.91 Å². The zero-order chi connectivity index (χ0) is 17.8. The molecule has 0 radical (unpaired) electrons. The van der Waals surface area contributed by atoms with Gasteiger partial charge in [0.15, 0.2) is 23.0 Å². The SMILES string of the molecule is COc1cc(C)c(CC(=O)NCc2ccc3c(c2)OCO3)cc1OC. The fourth-order valence-corrected chi connectivity index (χ4v) is 2.70. The molecule has 0 spiro atoms. The second-order valence-electron chi connectivity index (χ2n) is 5.77. The van der Waals surface area contributed by atoms with Crippen molar-refractivity contribution in [3.05, 3.63) is 47.0 Å². The fourth-order valence-electron chi connectivity index (χ4n) is 2.70. The molecule has 132 valence electrons. The molecule has 0 saturated heterocycles. The maximum atomic E-state index is 12.3. The van der Waals surface area contributed by atoms with Crippen LogP contribution >= 0.6 is 0 Å². The topological polar surface area (TPSA) is 66.0 Å². The molecule has 2 aromatic carbocycles. The van der Waals surface area contributed by atoms with Crippen molar-refractivity contribution in [3.63, 3.8) is 0 Å². The van der Waals surface area contributed by atoms with E-state index in [0.717, 1.165) is 22.4 Å². The van der Waals surface area contributed by atoms with E-state index in [1.165, 1.54) is 0 Å². The number of ether oxygens (including phenoxy) is 4. The van der Waals surface area contributed by atoms with E-state index in [4.69, 9.17) is 18.9 Å². The summed E-state index contributed by atoms with van der Waals surface area (Å²) in [4.78, 5) is 12.3. The highest BCUT2D eigenvalue weighted by Crippen LogP contribution is 2.32. The van der Waals surface area contributed by atoms with Gasteiger partial charge in [-0.3, -0.25) is 4.79 Å². The molecular weight excluding hydrogens is 322 g/mol. The summed E-state index contributed by atoms with van der Waals surface area (Å²) in [5, 5.41) is 2.92. The molecule has 1 N–H and O–H groups in total. The molecule has 1 heterocycles. The third-order valence-corrected chi connectivity index (χ3v) is 4.12. The quantitative estimate of drug-likeness (QED) is 0.873. The van der Waals surface area contributed by atoms with E-state index in [9.17, 15) is 4.79 Å². The Hall–Kier alpha value is -2.89. The first-order valence-corrected chi connectivity index (χ1v) is 7.97. The maximum absolute atomic E-state index is 12.3. The predicted molar refractivity (Wildman–Crippen MR) is 92.4 cm³/mol. The van der Waals surface area contributed by atoms with E-state index >= 15 is 0 Å². The molecule has 1 aliphatic rings. The maximum Gasteiger partial charge on any atom is 0.231 e. The van der Waals surface area contributed by atoms with Crippen LogP contribution in [0.4, 0.5) is 0 Å². The van der Waals surface area contributed by atoms with Gasteiger partial charge in [-0.1, -0.05) is 6.07 Å². The van der Waals surface area contributed by atoms with Crippen molar-refractivity contribution in [3.8, 4) is 23.0 Å². The van der Waals surface area contributed by atoms with Crippen molar-refractivity contribution in [1.29, 1.82) is 0 Å². The summed E-state index contributed by atoms with van der Waals surface area (Å²) >= 11 is 0. The fraction of sp³-hybridized carbons (Fsp3) is 0.316. The largest absolute Gasteiger partial charge is 0.493 e. The summed E-state index contributed by atoms with van der Waals surface area (Å²) in [6.07, 6.45) is 0.275. The lowest BCUT2D eigenvalue weighted by Crippen LogP contribution is -2.24. The van der Waals surface area contributed by atoms with Gasteiger partial charge >= 0.3 is 0 Å². The van der Waals surface area contributed by atoms with Gasteiger partial charge in [0.05, 0.1) is 20.6 Å². The van der Waals surface area contributed by atoms with E-state index in [1.54, 1.807) is 14.2 Å². The third kappa shape index (κ3) is 3.79. The minimum atomic E-state index is -0.0620. The molecule has 0 fully saturated rings. The van der Waals surface area contributed by atoms with Gasteiger partial charge in [-0.05, 0) is 47.9 Å². The molecule has 1 amide bonds. The molecule has 0 atom stereocenters. The van der Waals surface area contributed by atoms with Crippen molar-refractivity contribution in [2.24, 2.45) is 0 Å². The first-order valence-electron chi connectivity index (χ1n) is 7.97. The standard InChI is InChI=1S/C19H21NO5/c1-12-6-16(22-2)17(23-3)8-14(12)9-19(21)20-10-13-4-5-15-18(7-13)25-11-24-15/h4-8H,9-11H2,1-3H3,(H,20,21). The predicted octanol–water partition coefficient (Wildman–Crippen LogP) is 2.60. The number of nitrogens with one attached hydrogen (secondary N) is 1. The van der Waals surface area contributed by atoms with Gasteiger partial charge in [0, 0.05) is 6.54 Å². The van der Waals surface area contributed by atoms with E-state index < -0.39 is 0 Å². The van der Waals surface area contributed by atoms with Crippen LogP contribution in [0.1, 0.15) is 16.7 Å². The molecule has 0 bridgehead atoms. The summed E-state index contributed by atoms with van der Waals surface area (Å²) in [6, 6.07) is 9.36. The molecule has 3 rings (SSSR count). The van der Waals surface area contributed by atoms with Gasteiger partial charge in [-0.25, -0.2) is 0 Å². The number of fused-ring (bicyclic) bond motifs is 1. The van der Waals surface area contributed by atoms with E-state index in [0.29, 0.717) is 23.8 Å². The Morgan fingerprint density at radius 1 is 1.08 bits per heavy atom. The molecule has 25 heavy (non-hydrogen) atoms. The number of benzene rings is 2.